The number of hydrogen-bond acceptors (Lipinski definition) is 17. The molecule has 0 saturated carbocycles. The fourth-order valence-corrected chi connectivity index (χ4v) is 8.43. The number of carbonyl (C=O) groups is 7. The maximum atomic E-state index is 14.0. The van der Waals surface area contributed by atoms with E-state index in [1.807, 2.05) is 25.3 Å². The lowest BCUT2D eigenvalue weighted by Crippen LogP contribution is -2.61. The van der Waals surface area contributed by atoms with Gasteiger partial charge in [-0.25, -0.2) is 9.55 Å². The molecule has 27 heteroatoms. The lowest BCUT2D eigenvalue weighted by molar-refractivity contribution is -0.140. The number of likely N-dealkylation sites (tertiary alicyclic amines) is 1. The number of thiophene rings is 1. The second-order valence-corrected chi connectivity index (χ2v) is 18.7. The van der Waals surface area contributed by atoms with Gasteiger partial charge >= 0.3 is 7.82 Å². The molecule has 1 aliphatic heterocycles. The molecule has 67 heavy (non-hydrogen) atoms. The SMILES string of the molecule is CC(C)C[C@H](NC(=O)[C@@H]1CCCN1C(=O)CCOCCOCCNC(=O)[C@@H](N)CS)C(=O)N[C@@H](Cc1cnc[nH]1)C(=O)N[C@@H](CO)C(=O)N[C@H](C(N)=O)[C@@H](C)OP(=O)(O)OCCc1cccs1. The maximum Gasteiger partial charge on any atom is 0.472 e. The number of amides is 7. The van der Waals surface area contributed by atoms with Crippen molar-refractivity contribution in [1.82, 2.24) is 41.5 Å². The highest BCUT2D eigenvalue weighted by atomic mass is 32.1. The number of aromatic nitrogens is 2. The summed E-state index contributed by atoms with van der Waals surface area (Å²) >= 11 is 5.40. The van der Waals surface area contributed by atoms with E-state index in [4.69, 9.17) is 30.0 Å². The van der Waals surface area contributed by atoms with Crippen LogP contribution in [0.2, 0.25) is 0 Å². The Hall–Kier alpha value is -4.50. The lowest BCUT2D eigenvalue weighted by Gasteiger charge is -2.29. The summed E-state index contributed by atoms with van der Waals surface area (Å²) in [6, 6.07) is -4.01. The number of aromatic amines is 1. The number of thiol groups is 1. The topological polar surface area (TPSA) is 358 Å². The highest BCUT2D eigenvalue weighted by Crippen LogP contribution is 2.45. The monoisotopic (exact) mass is 1000 g/mol. The summed E-state index contributed by atoms with van der Waals surface area (Å²) in [5.41, 5.74) is 11.5. The van der Waals surface area contributed by atoms with Gasteiger partial charge in [0.1, 0.15) is 30.2 Å². The molecule has 1 unspecified atom stereocenters. The third kappa shape index (κ3) is 20.3. The van der Waals surface area contributed by atoms with Gasteiger partial charge in [0.25, 0.3) is 0 Å². The molecule has 2 aromatic rings. The Bertz CT molecular complexity index is 1930. The minimum atomic E-state index is -4.75. The summed E-state index contributed by atoms with van der Waals surface area (Å²) in [5, 5.41) is 24.6. The molecule has 12 N–H and O–H groups in total. The van der Waals surface area contributed by atoms with E-state index in [0.29, 0.717) is 31.5 Å². The molecule has 7 amide bonds. The average Bonchev–Trinajstić information content (AvgIpc) is 4.10. The third-order valence-corrected chi connectivity index (χ3v) is 12.5. The second-order valence-electron chi connectivity index (χ2n) is 15.9. The largest absolute Gasteiger partial charge is 0.472 e. The van der Waals surface area contributed by atoms with E-state index in [1.165, 1.54) is 35.7 Å². The quantitative estimate of drug-likeness (QED) is 0.0215. The molecule has 1 aliphatic rings. The minimum Gasteiger partial charge on any atom is -0.394 e. The van der Waals surface area contributed by atoms with Crippen molar-refractivity contribution in [3.8, 4) is 0 Å². The summed E-state index contributed by atoms with van der Waals surface area (Å²) in [7, 11) is -4.75. The first kappa shape index (κ1) is 56.8. The molecule has 0 aromatic carbocycles. The third-order valence-electron chi connectivity index (χ3n) is 10.1. The van der Waals surface area contributed by atoms with Crippen LogP contribution in [0.25, 0.3) is 0 Å². The number of imidazole rings is 1. The maximum absolute atomic E-state index is 14.0. The number of aliphatic hydroxyl groups excluding tert-OH is 1. The molecule has 1 saturated heterocycles. The standard InChI is InChI=1S/C40H65N10O14PS2/c1-24(2)18-29(47-40(58)32-7-4-11-50(32)33(52)9-12-61-15-16-62-14-10-44-36(54)28(41)22-66)37(55)46-30(19-26-20-43-23-45-26)38(56)48-31(21-51)39(57)49-34(35(42)53)25(3)64-65(59,60)63-13-8-27-6-5-17-67-27/h5-6,17,20,23-25,28-32,34,51,66H,4,7-16,18-19,21-22,41H2,1-3H3,(H2,42,53)(H,43,45)(H,44,54)(H,46,55)(H,47,58)(H,48,56)(H,49,57)(H,59,60)/t25-,28+,29+,30+,31+,32+,34+/m1/s1. The fraction of sp³-hybridized carbons (Fsp3) is 0.650. The van der Waals surface area contributed by atoms with Crippen LogP contribution in [-0.4, -0.2) is 167 Å². The van der Waals surface area contributed by atoms with Gasteiger partial charge in [0.05, 0.1) is 64.5 Å². The molecule has 0 aliphatic carbocycles. The molecule has 3 heterocycles. The van der Waals surface area contributed by atoms with Crippen LogP contribution in [-0.2, 0) is 69.5 Å². The highest BCUT2D eigenvalue weighted by molar-refractivity contribution is 7.80. The number of hydrogen-bond donors (Lipinski definition) is 11. The first-order valence-electron chi connectivity index (χ1n) is 21.7. The van der Waals surface area contributed by atoms with Gasteiger partial charge in [0.15, 0.2) is 0 Å². The number of H-pyrrole nitrogens is 1. The number of nitrogens with two attached hydrogens (primary N) is 2. The predicted molar refractivity (Wildman–Crippen MR) is 246 cm³/mol. The number of rotatable bonds is 32. The Morgan fingerprint density at radius 1 is 0.970 bits per heavy atom. The number of carbonyl (C=O) groups excluding carboxylic acids is 7. The second kappa shape index (κ2) is 29.4. The van der Waals surface area contributed by atoms with E-state index in [1.54, 1.807) is 6.07 Å². The van der Waals surface area contributed by atoms with Crippen LogP contribution in [0.1, 0.15) is 57.0 Å². The van der Waals surface area contributed by atoms with Crippen LogP contribution >= 0.6 is 31.8 Å². The van der Waals surface area contributed by atoms with Crippen molar-refractivity contribution in [1.29, 1.82) is 0 Å². The number of nitrogens with one attached hydrogen (secondary N) is 6. The van der Waals surface area contributed by atoms with Crippen LogP contribution in [0.3, 0.4) is 0 Å². The zero-order valence-electron chi connectivity index (χ0n) is 37.8. The molecule has 376 valence electrons. The fourth-order valence-electron chi connectivity index (χ4n) is 6.65. The van der Waals surface area contributed by atoms with Crippen molar-refractivity contribution in [2.45, 2.75) is 102 Å². The van der Waals surface area contributed by atoms with Crippen molar-refractivity contribution < 1.29 is 66.6 Å². The number of nitrogens with zero attached hydrogens (tertiary/aromatic N) is 2. The van der Waals surface area contributed by atoms with Gasteiger partial charge in [0.2, 0.25) is 41.4 Å². The van der Waals surface area contributed by atoms with Crippen LogP contribution in [0.15, 0.2) is 30.0 Å². The molecule has 1 fully saturated rings. The smallest absolute Gasteiger partial charge is 0.394 e. The van der Waals surface area contributed by atoms with Crippen molar-refractivity contribution in [3.63, 3.8) is 0 Å². The zero-order chi connectivity index (χ0) is 49.5. The number of ether oxygens (including phenoxy) is 2. The predicted octanol–water partition coefficient (Wildman–Crippen LogP) is -1.97. The molecule has 8 atom stereocenters. The molecule has 24 nitrogen and oxygen atoms in total. The molecule has 3 rings (SSSR count). The normalized spacial score (nSPS) is 17.3. The van der Waals surface area contributed by atoms with Crippen LogP contribution in [0.5, 0.6) is 0 Å². The van der Waals surface area contributed by atoms with Crippen molar-refractivity contribution >= 4 is 73.1 Å². The number of primary amides is 1. The Kier molecular flexibility index (Phi) is 24.9. The lowest BCUT2D eigenvalue weighted by atomic mass is 10.0. The molecule has 0 radical (unpaired) electrons. The van der Waals surface area contributed by atoms with Gasteiger partial charge in [0, 0.05) is 48.5 Å². The number of phosphoric acid groups is 1. The Morgan fingerprint density at radius 3 is 2.28 bits per heavy atom. The molecular weight excluding hydrogens is 940 g/mol. The van der Waals surface area contributed by atoms with E-state index < -0.39 is 86.3 Å². The number of phosphoric ester groups is 1. The summed E-state index contributed by atoms with van der Waals surface area (Å²) in [6.45, 7) is 4.94. The van der Waals surface area contributed by atoms with E-state index in [9.17, 15) is 48.1 Å². The summed E-state index contributed by atoms with van der Waals surface area (Å²) < 4.78 is 33.7. The highest BCUT2D eigenvalue weighted by Gasteiger charge is 2.38. The van der Waals surface area contributed by atoms with E-state index in [0.717, 1.165) is 4.88 Å². The van der Waals surface area contributed by atoms with E-state index in [-0.39, 0.29) is 82.3 Å². The van der Waals surface area contributed by atoms with Gasteiger partial charge < -0.3 is 67.4 Å². The van der Waals surface area contributed by atoms with Gasteiger partial charge in [-0.1, -0.05) is 19.9 Å². The van der Waals surface area contributed by atoms with E-state index >= 15 is 0 Å². The zero-order valence-corrected chi connectivity index (χ0v) is 40.4. The van der Waals surface area contributed by atoms with Gasteiger partial charge in [-0.3, -0.25) is 42.6 Å². The van der Waals surface area contributed by atoms with Crippen LogP contribution < -0.4 is 38.1 Å². The van der Waals surface area contributed by atoms with E-state index in [2.05, 4.69) is 49.2 Å². The summed E-state index contributed by atoms with van der Waals surface area (Å²) in [4.78, 5) is 112. The van der Waals surface area contributed by atoms with Gasteiger partial charge in [-0.05, 0) is 43.6 Å². The summed E-state index contributed by atoms with van der Waals surface area (Å²) in [5.74, 6) is -5.14. The Labute approximate surface area is 398 Å². The average molecular weight is 1010 g/mol. The molecule has 0 bridgehead atoms. The Morgan fingerprint density at radius 2 is 1.66 bits per heavy atom. The van der Waals surface area contributed by atoms with Gasteiger partial charge in [-0.2, -0.15) is 12.6 Å². The van der Waals surface area contributed by atoms with Crippen molar-refractivity contribution in [3.05, 3.63) is 40.6 Å². The minimum absolute atomic E-state index is 0.0130. The summed E-state index contributed by atoms with van der Waals surface area (Å²) in [6.07, 6.45) is 2.36. The molecular formula is C40H65N10O14PS2. The molecule has 0 spiro atoms. The number of aliphatic hydroxyl groups is 1. The van der Waals surface area contributed by atoms with Crippen molar-refractivity contribution in [2.24, 2.45) is 17.4 Å². The van der Waals surface area contributed by atoms with Crippen LogP contribution in [0, 0.1) is 5.92 Å². The molecule has 2 aromatic heterocycles. The first-order chi connectivity index (χ1) is 31.8. The van der Waals surface area contributed by atoms with Crippen molar-refractivity contribution in [2.75, 3.05) is 58.5 Å². The van der Waals surface area contributed by atoms with Crippen LogP contribution in [0.4, 0.5) is 0 Å². The Balaban J connectivity index is 1.59. The first-order valence-corrected chi connectivity index (χ1v) is 24.7. The van der Waals surface area contributed by atoms with Gasteiger partial charge in [-0.15, -0.1) is 11.3 Å².